The highest BCUT2D eigenvalue weighted by molar-refractivity contribution is 7.80. The van der Waals surface area contributed by atoms with E-state index in [0.717, 1.165) is 16.7 Å². The summed E-state index contributed by atoms with van der Waals surface area (Å²) in [6.07, 6.45) is 0.523. The van der Waals surface area contributed by atoms with Gasteiger partial charge >= 0.3 is 0 Å². The Balaban J connectivity index is 2.90. The van der Waals surface area contributed by atoms with E-state index < -0.39 is 0 Å². The smallest absolute Gasteiger partial charge is 0.254 e. The predicted octanol–water partition coefficient (Wildman–Crippen LogP) is 2.07. The van der Waals surface area contributed by atoms with Gasteiger partial charge in [-0.1, -0.05) is 29.9 Å². The van der Waals surface area contributed by atoms with Crippen LogP contribution in [0.4, 0.5) is 0 Å². The van der Waals surface area contributed by atoms with Gasteiger partial charge in [-0.25, -0.2) is 0 Å². The first-order chi connectivity index (χ1) is 9.45. The zero-order chi connectivity index (χ0) is 15.1. The molecule has 0 saturated heterocycles. The number of hydrogen-bond acceptors (Lipinski definition) is 3. The van der Waals surface area contributed by atoms with Crippen molar-refractivity contribution in [3.05, 3.63) is 34.9 Å². The van der Waals surface area contributed by atoms with Crippen LogP contribution in [0.5, 0.6) is 0 Å². The molecule has 0 aromatic heterocycles. The minimum Gasteiger partial charge on any atom is -0.393 e. The predicted molar refractivity (Wildman–Crippen MR) is 85.1 cm³/mol. The summed E-state index contributed by atoms with van der Waals surface area (Å²) in [5.41, 5.74) is 8.29. The Labute approximate surface area is 125 Å². The summed E-state index contributed by atoms with van der Waals surface area (Å²) in [6, 6.07) is 5.88. The molecule has 1 amide bonds. The van der Waals surface area contributed by atoms with Crippen molar-refractivity contribution in [3.8, 4) is 0 Å². The molecule has 0 aliphatic heterocycles. The lowest BCUT2D eigenvalue weighted by atomic mass is 10.0. The maximum Gasteiger partial charge on any atom is 0.254 e. The van der Waals surface area contributed by atoms with Crippen LogP contribution >= 0.6 is 12.2 Å². The molecule has 0 unspecified atom stereocenters. The number of amides is 1. The SMILES string of the molecule is COCCN(CCC(N)=S)C(=O)c1cc(C)ccc1C. The molecule has 1 rings (SSSR count). The second-order valence-corrected chi connectivity index (χ2v) is 5.34. The van der Waals surface area contributed by atoms with Crippen LogP contribution in [0.15, 0.2) is 18.2 Å². The Kier molecular flexibility index (Phi) is 6.61. The second-order valence-electron chi connectivity index (χ2n) is 4.82. The Morgan fingerprint density at radius 1 is 1.35 bits per heavy atom. The minimum absolute atomic E-state index is 0.000463. The number of methoxy groups -OCH3 is 1. The third-order valence-electron chi connectivity index (χ3n) is 3.10. The molecular formula is C15H22N2O2S. The lowest BCUT2D eigenvalue weighted by Crippen LogP contribution is -2.36. The first kappa shape index (κ1) is 16.6. The first-order valence-corrected chi connectivity index (χ1v) is 7.00. The largest absolute Gasteiger partial charge is 0.393 e. The third kappa shape index (κ3) is 4.90. The van der Waals surface area contributed by atoms with Crippen molar-refractivity contribution in [2.75, 3.05) is 26.8 Å². The van der Waals surface area contributed by atoms with Crippen LogP contribution in [0.3, 0.4) is 0 Å². The summed E-state index contributed by atoms with van der Waals surface area (Å²) in [5, 5.41) is 0. The number of hydrogen-bond donors (Lipinski definition) is 1. The van der Waals surface area contributed by atoms with Crippen LogP contribution in [0.2, 0.25) is 0 Å². The van der Waals surface area contributed by atoms with E-state index in [1.807, 2.05) is 32.0 Å². The quantitative estimate of drug-likeness (QED) is 0.782. The van der Waals surface area contributed by atoms with Crippen LogP contribution in [0.1, 0.15) is 27.9 Å². The highest BCUT2D eigenvalue weighted by Crippen LogP contribution is 2.14. The molecule has 5 heteroatoms. The maximum atomic E-state index is 12.6. The van der Waals surface area contributed by atoms with Gasteiger partial charge < -0.3 is 15.4 Å². The highest BCUT2D eigenvalue weighted by Gasteiger charge is 2.17. The van der Waals surface area contributed by atoms with E-state index in [9.17, 15) is 4.79 Å². The van der Waals surface area contributed by atoms with Crippen LogP contribution in [0.25, 0.3) is 0 Å². The number of nitrogens with zero attached hydrogens (tertiary/aromatic N) is 1. The summed E-state index contributed by atoms with van der Waals surface area (Å²) in [4.78, 5) is 14.8. The summed E-state index contributed by atoms with van der Waals surface area (Å²) in [7, 11) is 1.62. The molecule has 0 aliphatic carbocycles. The van der Waals surface area contributed by atoms with Gasteiger partial charge in [-0.2, -0.15) is 0 Å². The molecule has 2 N–H and O–H groups in total. The van der Waals surface area contributed by atoms with Crippen LogP contribution in [0, 0.1) is 13.8 Å². The monoisotopic (exact) mass is 294 g/mol. The zero-order valence-corrected chi connectivity index (χ0v) is 13.1. The molecule has 1 aromatic carbocycles. The normalized spacial score (nSPS) is 10.3. The van der Waals surface area contributed by atoms with Crippen molar-refractivity contribution in [2.45, 2.75) is 20.3 Å². The number of benzene rings is 1. The van der Waals surface area contributed by atoms with Gasteiger partial charge in [0.15, 0.2) is 0 Å². The van der Waals surface area contributed by atoms with E-state index in [-0.39, 0.29) is 5.91 Å². The maximum absolute atomic E-state index is 12.6. The Hall–Kier alpha value is -1.46. The zero-order valence-electron chi connectivity index (χ0n) is 12.3. The average Bonchev–Trinajstić information content (AvgIpc) is 2.40. The number of carbonyl (C=O) groups is 1. The van der Waals surface area contributed by atoms with Gasteiger partial charge in [0, 0.05) is 32.2 Å². The molecule has 0 spiro atoms. The second kappa shape index (κ2) is 7.97. The average molecular weight is 294 g/mol. The van der Waals surface area contributed by atoms with Crippen molar-refractivity contribution in [2.24, 2.45) is 5.73 Å². The molecule has 0 saturated carbocycles. The van der Waals surface area contributed by atoms with Crippen molar-refractivity contribution in [1.29, 1.82) is 0 Å². The molecule has 110 valence electrons. The van der Waals surface area contributed by atoms with Crippen LogP contribution in [-0.2, 0) is 4.74 Å². The van der Waals surface area contributed by atoms with Crippen molar-refractivity contribution in [3.63, 3.8) is 0 Å². The van der Waals surface area contributed by atoms with E-state index in [4.69, 9.17) is 22.7 Å². The number of nitrogens with two attached hydrogens (primary N) is 1. The summed E-state index contributed by atoms with van der Waals surface area (Å²) in [5.74, 6) is -0.000463. The van der Waals surface area contributed by atoms with Crippen LogP contribution < -0.4 is 5.73 Å². The number of carbonyl (C=O) groups excluding carboxylic acids is 1. The van der Waals surface area contributed by atoms with Crippen LogP contribution in [-0.4, -0.2) is 42.6 Å². The van der Waals surface area contributed by atoms with Gasteiger partial charge in [0.05, 0.1) is 11.6 Å². The molecule has 0 aliphatic rings. The topological polar surface area (TPSA) is 55.6 Å². The number of rotatable bonds is 7. The van der Waals surface area contributed by atoms with Gasteiger partial charge in [0.25, 0.3) is 5.91 Å². The fraction of sp³-hybridized carbons (Fsp3) is 0.467. The first-order valence-electron chi connectivity index (χ1n) is 6.59. The number of aryl methyl sites for hydroxylation is 2. The highest BCUT2D eigenvalue weighted by atomic mass is 32.1. The number of ether oxygens (including phenoxy) is 1. The van der Waals surface area contributed by atoms with E-state index in [1.165, 1.54) is 0 Å². The van der Waals surface area contributed by atoms with E-state index in [1.54, 1.807) is 12.0 Å². The summed E-state index contributed by atoms with van der Waals surface area (Å²) >= 11 is 4.88. The fourth-order valence-corrected chi connectivity index (χ4v) is 1.99. The molecule has 20 heavy (non-hydrogen) atoms. The van der Waals surface area contributed by atoms with Crippen molar-refractivity contribution in [1.82, 2.24) is 4.90 Å². The Bertz CT molecular complexity index is 489. The Morgan fingerprint density at radius 3 is 2.65 bits per heavy atom. The Morgan fingerprint density at radius 2 is 2.05 bits per heavy atom. The molecule has 0 fully saturated rings. The minimum atomic E-state index is -0.000463. The van der Waals surface area contributed by atoms with Crippen molar-refractivity contribution >= 4 is 23.1 Å². The molecule has 0 bridgehead atoms. The lowest BCUT2D eigenvalue weighted by Gasteiger charge is -2.23. The summed E-state index contributed by atoms with van der Waals surface area (Å²) in [6.45, 7) is 5.46. The lowest BCUT2D eigenvalue weighted by molar-refractivity contribution is 0.0700. The molecule has 0 heterocycles. The molecule has 4 nitrogen and oxygen atoms in total. The van der Waals surface area contributed by atoms with Crippen molar-refractivity contribution < 1.29 is 9.53 Å². The van der Waals surface area contributed by atoms with E-state index >= 15 is 0 Å². The molecule has 0 atom stereocenters. The molecule has 0 radical (unpaired) electrons. The van der Waals surface area contributed by atoms with Gasteiger partial charge in [-0.05, 0) is 25.5 Å². The van der Waals surface area contributed by atoms with E-state index in [0.29, 0.717) is 31.1 Å². The molecule has 1 aromatic rings. The van der Waals surface area contributed by atoms with Gasteiger partial charge in [0.2, 0.25) is 0 Å². The number of thiocarbonyl (C=S) groups is 1. The van der Waals surface area contributed by atoms with Gasteiger partial charge in [-0.3, -0.25) is 4.79 Å². The molecular weight excluding hydrogens is 272 g/mol. The van der Waals surface area contributed by atoms with E-state index in [2.05, 4.69) is 0 Å². The standard InChI is InChI=1S/C15H22N2O2S/c1-11-4-5-12(2)13(10-11)15(18)17(8-9-19-3)7-6-14(16)20/h4-5,10H,6-9H2,1-3H3,(H2,16,20). The third-order valence-corrected chi connectivity index (χ3v) is 3.31. The van der Waals surface area contributed by atoms with Gasteiger partial charge in [-0.15, -0.1) is 0 Å². The summed E-state index contributed by atoms with van der Waals surface area (Å²) < 4.78 is 5.06. The fourth-order valence-electron chi connectivity index (χ4n) is 1.90. The van der Waals surface area contributed by atoms with Gasteiger partial charge in [0.1, 0.15) is 0 Å².